The van der Waals surface area contributed by atoms with Gasteiger partial charge in [0.1, 0.15) is 17.4 Å². The van der Waals surface area contributed by atoms with E-state index in [1.54, 1.807) is 7.11 Å². The summed E-state index contributed by atoms with van der Waals surface area (Å²) in [6, 6.07) is 14.1. The fourth-order valence-corrected chi connectivity index (χ4v) is 5.14. The number of piperazine rings is 1. The van der Waals surface area contributed by atoms with Crippen LogP contribution >= 0.6 is 11.6 Å². The number of nitrogens with one attached hydrogen (secondary N) is 1. The number of likely N-dealkylation sites (N-methyl/N-ethyl adjacent to an activating group) is 1. The van der Waals surface area contributed by atoms with E-state index < -0.39 is 0 Å². The molecule has 0 spiro atoms. The fourth-order valence-electron chi connectivity index (χ4n) is 4.91. The third-order valence-electron chi connectivity index (χ3n) is 6.90. The maximum atomic E-state index is 6.51. The van der Waals surface area contributed by atoms with Gasteiger partial charge in [-0.2, -0.15) is 4.98 Å². The van der Waals surface area contributed by atoms with E-state index in [4.69, 9.17) is 26.3 Å². The summed E-state index contributed by atoms with van der Waals surface area (Å²) < 4.78 is 5.72. The quantitative estimate of drug-likeness (QED) is 0.555. The van der Waals surface area contributed by atoms with Gasteiger partial charge in [-0.05, 0) is 31.3 Å². The Hall–Kier alpha value is -3.62. The van der Waals surface area contributed by atoms with E-state index in [0.717, 1.165) is 78.2 Å². The van der Waals surface area contributed by atoms with Crippen LogP contribution in [-0.4, -0.2) is 74.1 Å². The van der Waals surface area contributed by atoms with Gasteiger partial charge in [0.25, 0.3) is 0 Å². The predicted molar refractivity (Wildman–Crippen MR) is 147 cm³/mol. The van der Waals surface area contributed by atoms with Crippen molar-refractivity contribution in [1.82, 2.24) is 14.9 Å². The normalized spacial score (nSPS) is 17.3. The maximum absolute atomic E-state index is 6.51. The Bertz CT molecular complexity index is 1360. The topological polar surface area (TPSA) is 69.1 Å². The van der Waals surface area contributed by atoms with Crippen LogP contribution in [0.15, 0.2) is 53.7 Å². The van der Waals surface area contributed by atoms with Gasteiger partial charge in [-0.25, -0.2) is 4.98 Å². The van der Waals surface area contributed by atoms with Crippen molar-refractivity contribution in [2.75, 3.05) is 68.5 Å². The van der Waals surface area contributed by atoms with E-state index >= 15 is 0 Å². The van der Waals surface area contributed by atoms with Gasteiger partial charge in [-0.3, -0.25) is 4.99 Å². The van der Waals surface area contributed by atoms with Gasteiger partial charge in [-0.1, -0.05) is 29.8 Å². The Labute approximate surface area is 215 Å². The molecule has 2 aromatic carbocycles. The number of nitrogens with zero attached hydrogens (tertiary/aromatic N) is 6. The van der Waals surface area contributed by atoms with E-state index in [-0.39, 0.29) is 0 Å². The van der Waals surface area contributed by atoms with E-state index in [1.165, 1.54) is 0 Å². The minimum atomic E-state index is 0.514. The molecule has 3 aromatic rings. The van der Waals surface area contributed by atoms with Crippen LogP contribution in [0.2, 0.25) is 5.02 Å². The molecule has 0 radical (unpaired) electrons. The molecule has 1 N–H and O–H groups in total. The number of anilines is 4. The summed E-state index contributed by atoms with van der Waals surface area (Å²) in [7, 11) is 3.85. The molecular weight excluding hydrogens is 474 g/mol. The van der Waals surface area contributed by atoms with Crippen LogP contribution in [-0.2, 0) is 0 Å². The second kappa shape index (κ2) is 9.44. The largest absolute Gasteiger partial charge is 0.494 e. The van der Waals surface area contributed by atoms with Crippen LogP contribution in [0.4, 0.5) is 23.1 Å². The lowest BCUT2D eigenvalue weighted by atomic mass is 9.98. The lowest BCUT2D eigenvalue weighted by molar-refractivity contribution is 0.312. The summed E-state index contributed by atoms with van der Waals surface area (Å²) in [5.74, 6) is 3.01. The monoisotopic (exact) mass is 501 g/mol. The minimum absolute atomic E-state index is 0.514. The molecule has 0 aliphatic carbocycles. The molecule has 36 heavy (non-hydrogen) atoms. The average molecular weight is 502 g/mol. The zero-order valence-corrected chi connectivity index (χ0v) is 21.2. The summed E-state index contributed by atoms with van der Waals surface area (Å²) in [5.41, 5.74) is 4.88. The molecular formula is C27H28ClN7O. The van der Waals surface area contributed by atoms with Crippen molar-refractivity contribution in [3.05, 3.63) is 64.8 Å². The SMILES string of the molecule is COc1cc(N2CCN(C)CC2)ccc1Nc1ncc2c(n1)N1CCN=C1C(c1ccccc1Cl)=C2. The van der Waals surface area contributed by atoms with Gasteiger partial charge < -0.3 is 24.8 Å². The van der Waals surface area contributed by atoms with Crippen LogP contribution < -0.4 is 19.9 Å². The summed E-state index contributed by atoms with van der Waals surface area (Å²) >= 11 is 6.51. The zero-order valence-electron chi connectivity index (χ0n) is 20.4. The van der Waals surface area contributed by atoms with Gasteiger partial charge in [-0.15, -0.1) is 0 Å². The summed E-state index contributed by atoms with van der Waals surface area (Å²) in [6.07, 6.45) is 3.92. The summed E-state index contributed by atoms with van der Waals surface area (Å²) in [4.78, 5) is 21.1. The summed E-state index contributed by atoms with van der Waals surface area (Å²) in [6.45, 7) is 5.60. The highest BCUT2D eigenvalue weighted by Gasteiger charge is 2.31. The van der Waals surface area contributed by atoms with Crippen molar-refractivity contribution in [3.8, 4) is 5.75 Å². The smallest absolute Gasteiger partial charge is 0.229 e. The molecule has 0 bridgehead atoms. The van der Waals surface area contributed by atoms with Crippen molar-refractivity contribution in [2.45, 2.75) is 0 Å². The highest BCUT2D eigenvalue weighted by Crippen LogP contribution is 2.38. The number of rotatable bonds is 5. The first kappa shape index (κ1) is 22.8. The number of methoxy groups -OCH3 is 1. The fraction of sp³-hybridized carbons (Fsp3) is 0.296. The molecule has 8 nitrogen and oxygen atoms in total. The number of aliphatic imine (C=N–C) groups is 1. The highest BCUT2D eigenvalue weighted by atomic mass is 35.5. The van der Waals surface area contributed by atoms with Crippen LogP contribution in [0.25, 0.3) is 11.6 Å². The number of halogens is 1. The van der Waals surface area contributed by atoms with Gasteiger partial charge in [0.15, 0.2) is 0 Å². The molecule has 9 heteroatoms. The van der Waals surface area contributed by atoms with Crippen molar-refractivity contribution in [3.63, 3.8) is 0 Å². The van der Waals surface area contributed by atoms with Gasteiger partial charge in [0, 0.05) is 72.4 Å². The Morgan fingerprint density at radius 3 is 2.67 bits per heavy atom. The van der Waals surface area contributed by atoms with Gasteiger partial charge >= 0.3 is 0 Å². The molecule has 4 heterocycles. The third-order valence-corrected chi connectivity index (χ3v) is 7.23. The second-order valence-electron chi connectivity index (χ2n) is 9.17. The number of benzene rings is 2. The molecule has 184 valence electrons. The molecule has 6 rings (SSSR count). The van der Waals surface area contributed by atoms with Crippen molar-refractivity contribution in [1.29, 1.82) is 0 Å². The maximum Gasteiger partial charge on any atom is 0.229 e. The molecule has 3 aliphatic heterocycles. The van der Waals surface area contributed by atoms with E-state index in [1.807, 2.05) is 36.5 Å². The van der Waals surface area contributed by atoms with Crippen molar-refractivity contribution >= 4 is 52.2 Å². The Balaban J connectivity index is 1.29. The Kier molecular flexibility index (Phi) is 5.99. The number of aromatic nitrogens is 2. The zero-order chi connectivity index (χ0) is 24.6. The number of amidine groups is 1. The van der Waals surface area contributed by atoms with Crippen LogP contribution in [0, 0.1) is 0 Å². The van der Waals surface area contributed by atoms with E-state index in [0.29, 0.717) is 17.5 Å². The first-order chi connectivity index (χ1) is 17.6. The molecule has 1 saturated heterocycles. The average Bonchev–Trinajstić information content (AvgIpc) is 3.40. The predicted octanol–water partition coefficient (Wildman–Crippen LogP) is 4.41. The van der Waals surface area contributed by atoms with Crippen molar-refractivity contribution < 1.29 is 4.74 Å². The Morgan fingerprint density at radius 2 is 1.86 bits per heavy atom. The first-order valence-corrected chi connectivity index (χ1v) is 12.5. The molecule has 1 fully saturated rings. The highest BCUT2D eigenvalue weighted by molar-refractivity contribution is 6.40. The van der Waals surface area contributed by atoms with Crippen LogP contribution in [0.1, 0.15) is 11.1 Å². The lowest BCUT2D eigenvalue weighted by Crippen LogP contribution is -2.44. The van der Waals surface area contributed by atoms with Crippen molar-refractivity contribution in [2.24, 2.45) is 4.99 Å². The lowest BCUT2D eigenvalue weighted by Gasteiger charge is -2.34. The molecule has 1 aromatic heterocycles. The number of fused-ring (bicyclic) bond motifs is 3. The molecule has 0 amide bonds. The molecule has 0 saturated carbocycles. The van der Waals surface area contributed by atoms with E-state index in [2.05, 4.69) is 50.3 Å². The second-order valence-corrected chi connectivity index (χ2v) is 9.57. The Morgan fingerprint density at radius 1 is 1.03 bits per heavy atom. The van der Waals surface area contributed by atoms with Crippen LogP contribution in [0.5, 0.6) is 5.75 Å². The third kappa shape index (κ3) is 4.16. The standard InChI is InChI=1S/C27H28ClN7O/c1-33-11-13-34(14-12-33)19-7-8-23(24(16-19)36-2)31-27-30-17-18-15-21(20-5-3-4-6-22(20)28)26-29-9-10-35(26)25(18)32-27/h3-8,15-17H,9-14H2,1-2H3,(H,30,31,32). The number of hydrogen-bond donors (Lipinski definition) is 1. The van der Waals surface area contributed by atoms with E-state index in [9.17, 15) is 0 Å². The molecule has 0 unspecified atom stereocenters. The molecule has 3 aliphatic rings. The van der Waals surface area contributed by atoms with Gasteiger partial charge in [0.2, 0.25) is 5.95 Å². The number of ether oxygens (including phenoxy) is 1. The van der Waals surface area contributed by atoms with Gasteiger partial charge in [0.05, 0.1) is 19.3 Å². The minimum Gasteiger partial charge on any atom is -0.494 e. The summed E-state index contributed by atoms with van der Waals surface area (Å²) in [5, 5.41) is 4.06. The first-order valence-electron chi connectivity index (χ1n) is 12.2. The van der Waals surface area contributed by atoms with Crippen LogP contribution in [0.3, 0.4) is 0 Å². The molecule has 0 atom stereocenters. The number of hydrogen-bond acceptors (Lipinski definition) is 8.